The van der Waals surface area contributed by atoms with Crippen LogP contribution in [0.2, 0.25) is 0 Å². The molecule has 0 bridgehead atoms. The van der Waals surface area contributed by atoms with Gasteiger partial charge >= 0.3 is 12.2 Å². The maximum Gasteiger partial charge on any atom is 0.407 e. The number of nitrogens with one attached hydrogen (secondary N) is 2. The summed E-state index contributed by atoms with van der Waals surface area (Å²) in [6.45, 7) is 14.1. The first-order valence-electron chi connectivity index (χ1n) is 9.16. The molecule has 0 aliphatic carbocycles. The highest BCUT2D eigenvalue weighted by Gasteiger charge is 2.16. The van der Waals surface area contributed by atoms with E-state index in [1.807, 2.05) is 41.5 Å². The van der Waals surface area contributed by atoms with E-state index < -0.39 is 23.4 Å². The molecular weight excluding hydrogens is 356 g/mol. The van der Waals surface area contributed by atoms with E-state index in [4.69, 9.17) is 23.7 Å². The molecule has 0 atom stereocenters. The van der Waals surface area contributed by atoms with Crippen LogP contribution in [0, 0.1) is 0 Å². The normalized spacial score (nSPS) is 11.8. The van der Waals surface area contributed by atoms with Crippen molar-refractivity contribution >= 4 is 12.2 Å². The summed E-state index contributed by atoms with van der Waals surface area (Å²) >= 11 is 0. The highest BCUT2D eigenvalue weighted by molar-refractivity contribution is 5.67. The average Bonchev–Trinajstić information content (AvgIpc) is 2.48. The number of hydrogen-bond acceptors (Lipinski definition) is 7. The third kappa shape index (κ3) is 20.6. The molecule has 0 heterocycles. The Hall–Kier alpha value is -1.58. The summed E-state index contributed by atoms with van der Waals surface area (Å²) in [5, 5.41) is 5.21. The van der Waals surface area contributed by atoms with Gasteiger partial charge in [-0.1, -0.05) is 0 Å². The van der Waals surface area contributed by atoms with E-state index in [0.29, 0.717) is 52.7 Å². The number of carbonyl (C=O) groups excluding carboxylic acids is 2. The maximum absolute atomic E-state index is 11.4. The molecule has 0 spiro atoms. The van der Waals surface area contributed by atoms with E-state index in [-0.39, 0.29) is 0 Å². The number of rotatable bonds is 12. The second-order valence-electron chi connectivity index (χ2n) is 7.69. The van der Waals surface area contributed by atoms with Gasteiger partial charge in [0.2, 0.25) is 0 Å². The van der Waals surface area contributed by atoms with Gasteiger partial charge < -0.3 is 34.3 Å². The Morgan fingerprint density at radius 3 is 1.19 bits per heavy atom. The summed E-state index contributed by atoms with van der Waals surface area (Å²) in [7, 11) is 0. The lowest BCUT2D eigenvalue weighted by Crippen LogP contribution is -2.34. The van der Waals surface area contributed by atoms with E-state index in [2.05, 4.69) is 10.6 Å². The Balaban J connectivity index is 3.30. The second kappa shape index (κ2) is 13.6. The molecule has 0 aliphatic heterocycles. The summed E-state index contributed by atoms with van der Waals surface area (Å²) in [6.07, 6.45) is -0.915. The van der Waals surface area contributed by atoms with Crippen LogP contribution < -0.4 is 10.6 Å². The van der Waals surface area contributed by atoms with Gasteiger partial charge in [-0.3, -0.25) is 0 Å². The number of carbonyl (C=O) groups is 2. The fraction of sp³-hybridized carbons (Fsp3) is 0.889. The fourth-order valence-electron chi connectivity index (χ4n) is 1.62. The summed E-state index contributed by atoms with van der Waals surface area (Å²) in [5.74, 6) is 0. The highest BCUT2D eigenvalue weighted by Crippen LogP contribution is 2.06. The topological polar surface area (TPSA) is 104 Å². The van der Waals surface area contributed by atoms with Crippen molar-refractivity contribution in [1.29, 1.82) is 0 Å². The Bertz CT molecular complexity index is 379. The largest absolute Gasteiger partial charge is 0.444 e. The minimum Gasteiger partial charge on any atom is -0.444 e. The average molecular weight is 392 g/mol. The number of alkyl carbamates (subject to hydrolysis) is 2. The van der Waals surface area contributed by atoms with Crippen LogP contribution >= 0.6 is 0 Å². The lowest BCUT2D eigenvalue weighted by molar-refractivity contribution is 0.0135. The van der Waals surface area contributed by atoms with Crippen LogP contribution in [-0.4, -0.2) is 76.1 Å². The molecule has 2 N–H and O–H groups in total. The molecule has 0 aromatic heterocycles. The molecule has 0 aromatic carbocycles. The Morgan fingerprint density at radius 1 is 0.593 bits per heavy atom. The van der Waals surface area contributed by atoms with Gasteiger partial charge in [0.05, 0.1) is 39.6 Å². The van der Waals surface area contributed by atoms with Gasteiger partial charge in [-0.25, -0.2) is 9.59 Å². The lowest BCUT2D eigenvalue weighted by atomic mass is 10.2. The van der Waals surface area contributed by atoms with Gasteiger partial charge in [0.15, 0.2) is 0 Å². The van der Waals surface area contributed by atoms with Crippen molar-refractivity contribution < 1.29 is 33.3 Å². The first-order valence-corrected chi connectivity index (χ1v) is 9.16. The van der Waals surface area contributed by atoms with Gasteiger partial charge in [-0.15, -0.1) is 0 Å². The van der Waals surface area contributed by atoms with Crippen LogP contribution in [0.25, 0.3) is 0 Å². The molecule has 2 amide bonds. The van der Waals surface area contributed by atoms with E-state index >= 15 is 0 Å². The van der Waals surface area contributed by atoms with E-state index in [9.17, 15) is 9.59 Å². The number of amides is 2. The van der Waals surface area contributed by atoms with Crippen LogP contribution in [0.4, 0.5) is 9.59 Å². The van der Waals surface area contributed by atoms with Crippen molar-refractivity contribution in [1.82, 2.24) is 10.6 Å². The van der Waals surface area contributed by atoms with E-state index in [1.165, 1.54) is 0 Å². The summed E-state index contributed by atoms with van der Waals surface area (Å²) in [6, 6.07) is 0. The molecule has 0 aliphatic rings. The summed E-state index contributed by atoms with van der Waals surface area (Å²) < 4.78 is 26.2. The summed E-state index contributed by atoms with van der Waals surface area (Å²) in [5.41, 5.74) is -1.01. The third-order valence-corrected chi connectivity index (χ3v) is 2.57. The van der Waals surface area contributed by atoms with Crippen LogP contribution in [0.1, 0.15) is 41.5 Å². The summed E-state index contributed by atoms with van der Waals surface area (Å²) in [4.78, 5) is 22.8. The smallest absolute Gasteiger partial charge is 0.407 e. The van der Waals surface area contributed by atoms with Crippen molar-refractivity contribution in [2.75, 3.05) is 52.7 Å². The zero-order valence-electron chi connectivity index (χ0n) is 17.5. The lowest BCUT2D eigenvalue weighted by Gasteiger charge is -2.19. The van der Waals surface area contributed by atoms with Crippen molar-refractivity contribution in [3.8, 4) is 0 Å². The molecular formula is C18H36N2O7. The maximum atomic E-state index is 11.4. The molecule has 0 rings (SSSR count). The second-order valence-corrected chi connectivity index (χ2v) is 7.69. The molecule has 0 saturated carbocycles. The molecule has 0 radical (unpaired) electrons. The van der Waals surface area contributed by atoms with Gasteiger partial charge in [0.25, 0.3) is 0 Å². The zero-order chi connectivity index (χ0) is 20.8. The molecule has 160 valence electrons. The standard InChI is InChI=1S/C18H36N2O7/c1-17(2,3)26-15(21)19-7-9-23-11-13-25-14-12-24-10-8-20-16(22)27-18(4,5)6/h7-14H2,1-6H3,(H,19,21)(H,20,22). The molecule has 0 aromatic rings. The molecule has 9 heteroatoms. The third-order valence-electron chi connectivity index (χ3n) is 2.57. The van der Waals surface area contributed by atoms with Crippen LogP contribution in [-0.2, 0) is 23.7 Å². The SMILES string of the molecule is CC(C)(C)OC(=O)NCCOCCOCCOCCNC(=O)OC(C)(C)C. The molecule has 27 heavy (non-hydrogen) atoms. The minimum absolute atomic E-state index is 0.378. The minimum atomic E-state index is -0.507. The molecule has 9 nitrogen and oxygen atoms in total. The van der Waals surface area contributed by atoms with Gasteiger partial charge in [0.1, 0.15) is 11.2 Å². The first kappa shape index (κ1) is 25.4. The Morgan fingerprint density at radius 2 is 0.889 bits per heavy atom. The van der Waals surface area contributed by atoms with Gasteiger partial charge in [-0.2, -0.15) is 0 Å². The van der Waals surface area contributed by atoms with Crippen molar-refractivity contribution in [3.63, 3.8) is 0 Å². The zero-order valence-corrected chi connectivity index (χ0v) is 17.5. The molecule has 0 fully saturated rings. The monoisotopic (exact) mass is 392 g/mol. The van der Waals surface area contributed by atoms with Crippen LogP contribution in [0.15, 0.2) is 0 Å². The van der Waals surface area contributed by atoms with Crippen molar-refractivity contribution in [3.05, 3.63) is 0 Å². The van der Waals surface area contributed by atoms with Crippen molar-refractivity contribution in [2.45, 2.75) is 52.7 Å². The first-order chi connectivity index (χ1) is 12.5. The van der Waals surface area contributed by atoms with Gasteiger partial charge in [-0.05, 0) is 41.5 Å². The quantitative estimate of drug-likeness (QED) is 0.490. The number of ether oxygens (including phenoxy) is 5. The van der Waals surface area contributed by atoms with Gasteiger partial charge in [0, 0.05) is 13.1 Å². The molecule has 0 unspecified atom stereocenters. The van der Waals surface area contributed by atoms with Crippen LogP contribution in [0.3, 0.4) is 0 Å². The van der Waals surface area contributed by atoms with Crippen molar-refractivity contribution in [2.24, 2.45) is 0 Å². The van der Waals surface area contributed by atoms with E-state index in [0.717, 1.165) is 0 Å². The molecule has 0 saturated heterocycles. The Kier molecular flexibility index (Phi) is 12.8. The van der Waals surface area contributed by atoms with Crippen LogP contribution in [0.5, 0.6) is 0 Å². The predicted molar refractivity (Wildman–Crippen MR) is 101 cm³/mol. The predicted octanol–water partition coefficient (Wildman–Crippen LogP) is 2.09. The number of hydrogen-bond donors (Lipinski definition) is 2. The highest BCUT2D eigenvalue weighted by atomic mass is 16.6. The Labute approximate surface area is 162 Å². The van der Waals surface area contributed by atoms with E-state index in [1.54, 1.807) is 0 Å². The fourth-order valence-corrected chi connectivity index (χ4v) is 1.62.